The summed E-state index contributed by atoms with van der Waals surface area (Å²) in [5.74, 6) is -1.40. The number of halogens is 2. The molecular weight excluding hydrogens is 397 g/mol. The molecule has 9 heteroatoms. The van der Waals surface area contributed by atoms with E-state index in [0.717, 1.165) is 45.1 Å². The van der Waals surface area contributed by atoms with Gasteiger partial charge < -0.3 is 10.4 Å². The van der Waals surface area contributed by atoms with Crippen molar-refractivity contribution in [3.05, 3.63) is 33.4 Å². The molecule has 0 aliphatic carbocycles. The maximum Gasteiger partial charge on any atom is 0.305 e. The number of carboxylic acids is 1. The fourth-order valence-electron chi connectivity index (χ4n) is 2.78. The SMILES string of the molecule is Cc1c(C)c(C(Cl)Cl)c(C)c(C)c1C=NN=C1NC(=O)C(CC(=O)O)S1. The Balaban J connectivity index is 2.27. The van der Waals surface area contributed by atoms with Gasteiger partial charge in [-0.05, 0) is 55.5 Å². The quantitative estimate of drug-likeness (QED) is 0.434. The van der Waals surface area contributed by atoms with Gasteiger partial charge in [0.15, 0.2) is 5.17 Å². The Morgan fingerprint density at radius 3 is 2.31 bits per heavy atom. The Morgan fingerprint density at radius 1 is 1.23 bits per heavy atom. The number of hydrogen-bond acceptors (Lipinski definition) is 5. The van der Waals surface area contributed by atoms with Crippen molar-refractivity contribution in [1.82, 2.24) is 5.32 Å². The Kier molecular flexibility index (Phi) is 6.71. The summed E-state index contributed by atoms with van der Waals surface area (Å²) in [6, 6.07) is 0. The molecule has 1 saturated heterocycles. The summed E-state index contributed by atoms with van der Waals surface area (Å²) in [6.07, 6.45) is 1.37. The summed E-state index contributed by atoms with van der Waals surface area (Å²) in [5.41, 5.74) is 5.83. The van der Waals surface area contributed by atoms with Gasteiger partial charge in [-0.1, -0.05) is 11.8 Å². The lowest BCUT2D eigenvalue weighted by Gasteiger charge is -2.19. The molecule has 0 radical (unpaired) electrons. The molecule has 0 bridgehead atoms. The summed E-state index contributed by atoms with van der Waals surface area (Å²) in [5, 5.41) is 19.0. The first-order chi connectivity index (χ1) is 12.1. The van der Waals surface area contributed by atoms with Crippen molar-refractivity contribution in [2.24, 2.45) is 10.2 Å². The van der Waals surface area contributed by atoms with Crippen molar-refractivity contribution in [2.45, 2.75) is 44.2 Å². The zero-order chi connectivity index (χ0) is 19.6. The van der Waals surface area contributed by atoms with Crippen molar-refractivity contribution >= 4 is 58.2 Å². The number of alkyl halides is 2. The van der Waals surface area contributed by atoms with Crippen LogP contribution < -0.4 is 5.32 Å². The minimum atomic E-state index is -1.03. The standard InChI is InChI=1S/C17H19Cl2N3O3S/c1-7-9(3)14(15(18)19)10(4)8(2)11(7)6-20-22-17-21-16(25)12(26-17)5-13(23)24/h6,12,15H,5H2,1-4H3,(H,23,24)(H,21,22,25). The third-order valence-electron chi connectivity index (χ3n) is 4.43. The van der Waals surface area contributed by atoms with Crippen molar-refractivity contribution < 1.29 is 14.7 Å². The van der Waals surface area contributed by atoms with Crippen LogP contribution in [-0.2, 0) is 9.59 Å². The number of nitrogens with zero attached hydrogens (tertiary/aromatic N) is 2. The van der Waals surface area contributed by atoms with Gasteiger partial charge in [0.25, 0.3) is 0 Å². The van der Waals surface area contributed by atoms with Crippen LogP contribution in [-0.4, -0.2) is 33.6 Å². The molecule has 26 heavy (non-hydrogen) atoms. The normalized spacial score (nSPS) is 19.0. The van der Waals surface area contributed by atoms with Gasteiger partial charge in [-0.3, -0.25) is 9.59 Å². The third kappa shape index (κ3) is 4.39. The van der Waals surface area contributed by atoms with Crippen LogP contribution in [0.4, 0.5) is 0 Å². The van der Waals surface area contributed by atoms with E-state index in [4.69, 9.17) is 28.3 Å². The minimum Gasteiger partial charge on any atom is -0.481 e. The molecule has 1 fully saturated rings. The Hall–Kier alpha value is -1.57. The first kappa shape index (κ1) is 20.7. The van der Waals surface area contributed by atoms with E-state index in [9.17, 15) is 9.59 Å². The predicted octanol–water partition coefficient (Wildman–Crippen LogP) is 3.79. The molecule has 1 heterocycles. The van der Waals surface area contributed by atoms with Crippen LogP contribution >= 0.6 is 35.0 Å². The Labute approximate surface area is 166 Å². The summed E-state index contributed by atoms with van der Waals surface area (Å²) >= 11 is 13.2. The number of rotatable bonds is 5. The number of amidine groups is 1. The minimum absolute atomic E-state index is 0.255. The molecule has 1 aromatic rings. The zero-order valence-corrected chi connectivity index (χ0v) is 17.1. The molecule has 0 spiro atoms. The molecule has 2 rings (SSSR count). The lowest BCUT2D eigenvalue weighted by molar-refractivity contribution is -0.138. The number of amides is 1. The van der Waals surface area contributed by atoms with Crippen LogP contribution in [0.5, 0.6) is 0 Å². The highest BCUT2D eigenvalue weighted by Crippen LogP contribution is 2.35. The van der Waals surface area contributed by atoms with E-state index < -0.39 is 16.1 Å². The van der Waals surface area contributed by atoms with Gasteiger partial charge in [-0.2, -0.15) is 5.10 Å². The first-order valence-electron chi connectivity index (χ1n) is 7.82. The van der Waals surface area contributed by atoms with E-state index in [1.807, 2.05) is 27.7 Å². The average molecular weight is 416 g/mol. The number of nitrogens with one attached hydrogen (secondary N) is 1. The molecular formula is C17H19Cl2N3O3S. The second-order valence-electron chi connectivity index (χ2n) is 5.97. The highest BCUT2D eigenvalue weighted by molar-refractivity contribution is 8.15. The van der Waals surface area contributed by atoms with Crippen LogP contribution in [0, 0.1) is 27.7 Å². The Bertz CT molecular complexity index is 793. The predicted molar refractivity (Wildman–Crippen MR) is 107 cm³/mol. The molecule has 0 saturated carbocycles. The van der Waals surface area contributed by atoms with Gasteiger partial charge >= 0.3 is 5.97 Å². The van der Waals surface area contributed by atoms with Gasteiger partial charge in [0, 0.05) is 5.56 Å². The number of benzene rings is 1. The lowest BCUT2D eigenvalue weighted by atomic mass is 9.90. The maximum absolute atomic E-state index is 11.7. The molecule has 6 nitrogen and oxygen atoms in total. The van der Waals surface area contributed by atoms with Crippen LogP contribution in [0.2, 0.25) is 0 Å². The van der Waals surface area contributed by atoms with E-state index in [-0.39, 0.29) is 12.3 Å². The smallest absolute Gasteiger partial charge is 0.305 e. The van der Waals surface area contributed by atoms with E-state index in [0.29, 0.717) is 5.17 Å². The first-order valence-corrected chi connectivity index (χ1v) is 9.57. The van der Waals surface area contributed by atoms with Gasteiger partial charge in [0.2, 0.25) is 5.91 Å². The molecule has 1 amide bonds. The molecule has 2 N–H and O–H groups in total. The second-order valence-corrected chi connectivity index (χ2v) is 8.26. The highest BCUT2D eigenvalue weighted by Gasteiger charge is 2.32. The van der Waals surface area contributed by atoms with Gasteiger partial charge in [-0.25, -0.2) is 0 Å². The monoisotopic (exact) mass is 415 g/mol. The zero-order valence-electron chi connectivity index (χ0n) is 14.8. The maximum atomic E-state index is 11.7. The number of aliphatic carboxylic acids is 1. The van der Waals surface area contributed by atoms with Gasteiger partial charge in [0.05, 0.1) is 12.6 Å². The summed E-state index contributed by atoms with van der Waals surface area (Å²) in [6.45, 7) is 7.85. The van der Waals surface area contributed by atoms with Crippen LogP contribution in [0.1, 0.15) is 44.6 Å². The van der Waals surface area contributed by atoms with Crippen LogP contribution in [0.15, 0.2) is 10.2 Å². The average Bonchev–Trinajstić information content (AvgIpc) is 2.87. The number of carbonyl (C=O) groups is 2. The summed E-state index contributed by atoms with van der Waals surface area (Å²) in [4.78, 5) is 21.8. The van der Waals surface area contributed by atoms with E-state index in [2.05, 4.69) is 15.5 Å². The second kappa shape index (κ2) is 8.41. The summed E-state index contributed by atoms with van der Waals surface area (Å²) < 4.78 is 0. The number of carboxylic acid groups (broad SMARTS) is 1. The number of thioether (sulfide) groups is 1. The van der Waals surface area contributed by atoms with Crippen LogP contribution in [0.3, 0.4) is 0 Å². The van der Waals surface area contributed by atoms with Crippen molar-refractivity contribution in [3.8, 4) is 0 Å². The highest BCUT2D eigenvalue weighted by atomic mass is 35.5. The third-order valence-corrected chi connectivity index (χ3v) is 5.94. The van der Waals surface area contributed by atoms with Gasteiger partial charge in [0.1, 0.15) is 10.1 Å². The Morgan fingerprint density at radius 2 is 1.81 bits per heavy atom. The van der Waals surface area contributed by atoms with E-state index >= 15 is 0 Å². The van der Waals surface area contributed by atoms with Crippen molar-refractivity contribution in [3.63, 3.8) is 0 Å². The lowest BCUT2D eigenvalue weighted by Crippen LogP contribution is -2.26. The van der Waals surface area contributed by atoms with Crippen LogP contribution in [0.25, 0.3) is 0 Å². The molecule has 1 aliphatic heterocycles. The number of hydrogen-bond donors (Lipinski definition) is 2. The largest absolute Gasteiger partial charge is 0.481 e. The van der Waals surface area contributed by atoms with Gasteiger partial charge in [-0.15, -0.1) is 28.3 Å². The molecule has 1 aromatic carbocycles. The topological polar surface area (TPSA) is 91.1 Å². The fourth-order valence-corrected chi connectivity index (χ4v) is 4.35. The number of carbonyl (C=O) groups excluding carboxylic acids is 1. The molecule has 1 atom stereocenters. The molecule has 0 aromatic heterocycles. The summed E-state index contributed by atoms with van der Waals surface area (Å²) in [7, 11) is 0. The molecule has 1 aliphatic rings. The molecule has 1 unspecified atom stereocenters. The molecule has 140 valence electrons. The fraction of sp³-hybridized carbons (Fsp3) is 0.412. The van der Waals surface area contributed by atoms with Crippen molar-refractivity contribution in [1.29, 1.82) is 0 Å². The van der Waals surface area contributed by atoms with E-state index in [1.54, 1.807) is 6.21 Å². The van der Waals surface area contributed by atoms with Crippen molar-refractivity contribution in [2.75, 3.05) is 0 Å². The van der Waals surface area contributed by atoms with E-state index in [1.165, 1.54) is 0 Å².